The van der Waals surface area contributed by atoms with Crippen LogP contribution in [-0.2, 0) is 23.5 Å². The lowest BCUT2D eigenvalue weighted by Gasteiger charge is -2.16. The van der Waals surface area contributed by atoms with E-state index in [1.165, 1.54) is 30.3 Å². The van der Waals surface area contributed by atoms with Crippen LogP contribution < -0.4 is 5.32 Å². The molecule has 32 heavy (non-hydrogen) atoms. The SMILES string of the molecule is O=C(O)NC=C[C@H](COCCc1cc(C(F)(F)F)cc(C(F)(F)F)c1)c1ccc(F)cc1. The van der Waals surface area contributed by atoms with E-state index in [9.17, 15) is 35.5 Å². The summed E-state index contributed by atoms with van der Waals surface area (Å²) in [6, 6.07) is 6.56. The number of carboxylic acid groups (broad SMARTS) is 1. The summed E-state index contributed by atoms with van der Waals surface area (Å²) in [6.07, 6.45) is -8.86. The third-order valence-electron chi connectivity index (χ3n) is 4.31. The minimum Gasteiger partial charge on any atom is -0.465 e. The summed E-state index contributed by atoms with van der Waals surface area (Å²) < 4.78 is 96.2. The van der Waals surface area contributed by atoms with Gasteiger partial charge in [-0.2, -0.15) is 26.3 Å². The number of benzene rings is 2. The van der Waals surface area contributed by atoms with Crippen molar-refractivity contribution in [3.63, 3.8) is 0 Å². The molecule has 0 saturated heterocycles. The Balaban J connectivity index is 2.09. The molecular weight excluding hydrogens is 447 g/mol. The molecule has 2 N–H and O–H groups in total. The van der Waals surface area contributed by atoms with Gasteiger partial charge in [0.2, 0.25) is 0 Å². The highest BCUT2D eigenvalue weighted by atomic mass is 19.4. The van der Waals surface area contributed by atoms with Crippen LogP contribution in [0.3, 0.4) is 0 Å². The second kappa shape index (κ2) is 10.5. The van der Waals surface area contributed by atoms with Crippen molar-refractivity contribution in [1.82, 2.24) is 5.32 Å². The van der Waals surface area contributed by atoms with Crippen LogP contribution in [0, 0.1) is 5.82 Å². The number of halogens is 7. The fourth-order valence-corrected chi connectivity index (χ4v) is 2.77. The topological polar surface area (TPSA) is 58.6 Å². The normalized spacial score (nSPS) is 13.3. The summed E-state index contributed by atoms with van der Waals surface area (Å²) in [7, 11) is 0. The summed E-state index contributed by atoms with van der Waals surface area (Å²) in [5.41, 5.74) is -2.45. The number of alkyl halides is 6. The molecule has 2 aromatic rings. The van der Waals surface area contributed by atoms with E-state index in [-0.39, 0.29) is 31.3 Å². The van der Waals surface area contributed by atoms with Crippen LogP contribution >= 0.6 is 0 Å². The number of nitrogens with one attached hydrogen (secondary N) is 1. The number of hydrogen-bond donors (Lipinski definition) is 2. The number of amides is 1. The monoisotopic (exact) mass is 465 g/mol. The van der Waals surface area contributed by atoms with Crippen LogP contribution in [0.1, 0.15) is 28.2 Å². The predicted molar refractivity (Wildman–Crippen MR) is 100 cm³/mol. The molecule has 0 radical (unpaired) electrons. The van der Waals surface area contributed by atoms with Gasteiger partial charge in [0.1, 0.15) is 5.82 Å². The van der Waals surface area contributed by atoms with Crippen molar-refractivity contribution in [2.24, 2.45) is 0 Å². The molecule has 174 valence electrons. The van der Waals surface area contributed by atoms with Crippen LogP contribution in [-0.4, -0.2) is 24.4 Å². The van der Waals surface area contributed by atoms with E-state index < -0.39 is 41.3 Å². The van der Waals surface area contributed by atoms with Crippen LogP contribution in [0.15, 0.2) is 54.7 Å². The smallest absolute Gasteiger partial charge is 0.416 e. The first-order chi connectivity index (χ1) is 14.9. The summed E-state index contributed by atoms with van der Waals surface area (Å²) in [6.45, 7) is -0.273. The maximum absolute atomic E-state index is 13.1. The van der Waals surface area contributed by atoms with Crippen molar-refractivity contribution in [3.05, 3.63) is 82.8 Å². The Bertz CT molecular complexity index is 906. The van der Waals surface area contributed by atoms with Crippen molar-refractivity contribution in [3.8, 4) is 0 Å². The number of hydrogen-bond acceptors (Lipinski definition) is 2. The lowest BCUT2D eigenvalue weighted by Crippen LogP contribution is -2.15. The van der Waals surface area contributed by atoms with E-state index in [0.29, 0.717) is 17.7 Å². The van der Waals surface area contributed by atoms with Gasteiger partial charge in [-0.05, 0) is 47.9 Å². The van der Waals surface area contributed by atoms with E-state index >= 15 is 0 Å². The van der Waals surface area contributed by atoms with Gasteiger partial charge in [0.15, 0.2) is 0 Å². The van der Waals surface area contributed by atoms with Crippen LogP contribution in [0.25, 0.3) is 0 Å². The molecule has 0 unspecified atom stereocenters. The molecule has 0 bridgehead atoms. The predicted octanol–water partition coefficient (Wildman–Crippen LogP) is 5.99. The molecular formula is C21H18F7NO3. The number of ether oxygens (including phenoxy) is 1. The van der Waals surface area contributed by atoms with Gasteiger partial charge in [0.05, 0.1) is 24.3 Å². The zero-order valence-corrected chi connectivity index (χ0v) is 16.3. The first-order valence-electron chi connectivity index (χ1n) is 9.14. The van der Waals surface area contributed by atoms with Crippen molar-refractivity contribution in [2.75, 3.05) is 13.2 Å². The molecule has 0 aliphatic heterocycles. The summed E-state index contributed by atoms with van der Waals surface area (Å²) >= 11 is 0. The van der Waals surface area contributed by atoms with Gasteiger partial charge < -0.3 is 9.84 Å². The molecule has 1 atom stereocenters. The maximum Gasteiger partial charge on any atom is 0.416 e. The highest BCUT2D eigenvalue weighted by Crippen LogP contribution is 2.36. The molecule has 4 nitrogen and oxygen atoms in total. The van der Waals surface area contributed by atoms with Gasteiger partial charge in [-0.25, -0.2) is 9.18 Å². The molecule has 11 heteroatoms. The molecule has 1 amide bonds. The Morgan fingerprint density at radius 1 is 1.00 bits per heavy atom. The second-order valence-electron chi connectivity index (χ2n) is 6.71. The first kappa shape index (κ1) is 25.2. The highest BCUT2D eigenvalue weighted by molar-refractivity contribution is 5.65. The Morgan fingerprint density at radius 2 is 1.56 bits per heavy atom. The lowest BCUT2D eigenvalue weighted by atomic mass is 10.00. The van der Waals surface area contributed by atoms with Crippen molar-refractivity contribution in [2.45, 2.75) is 24.7 Å². The Morgan fingerprint density at radius 3 is 2.06 bits per heavy atom. The fourth-order valence-electron chi connectivity index (χ4n) is 2.77. The molecule has 0 aliphatic rings. The van der Waals surface area contributed by atoms with E-state index in [1.54, 1.807) is 0 Å². The quantitative estimate of drug-likeness (QED) is 0.372. The molecule has 0 saturated carbocycles. The first-order valence-corrected chi connectivity index (χ1v) is 9.14. The highest BCUT2D eigenvalue weighted by Gasteiger charge is 2.36. The van der Waals surface area contributed by atoms with Crippen LogP contribution in [0.4, 0.5) is 35.5 Å². The second-order valence-corrected chi connectivity index (χ2v) is 6.71. The third-order valence-corrected chi connectivity index (χ3v) is 4.31. The zero-order valence-electron chi connectivity index (χ0n) is 16.3. The van der Waals surface area contributed by atoms with Crippen LogP contribution in [0.2, 0.25) is 0 Å². The average Bonchev–Trinajstić information content (AvgIpc) is 2.69. The molecule has 2 aromatic carbocycles. The molecule has 0 spiro atoms. The number of rotatable bonds is 8. The molecule has 0 aliphatic carbocycles. The Labute approximate surface area is 178 Å². The van der Waals surface area contributed by atoms with Gasteiger partial charge >= 0.3 is 18.4 Å². The minimum atomic E-state index is -4.94. The van der Waals surface area contributed by atoms with Crippen LogP contribution in [0.5, 0.6) is 0 Å². The van der Waals surface area contributed by atoms with Crippen molar-refractivity contribution < 1.29 is 45.4 Å². The van der Waals surface area contributed by atoms with Gasteiger partial charge in [-0.15, -0.1) is 0 Å². The van der Waals surface area contributed by atoms with Gasteiger partial charge in [0, 0.05) is 12.1 Å². The van der Waals surface area contributed by atoms with E-state index in [0.717, 1.165) is 6.20 Å². The van der Waals surface area contributed by atoms with Crippen molar-refractivity contribution in [1.29, 1.82) is 0 Å². The Hall–Kier alpha value is -3.08. The average molecular weight is 465 g/mol. The summed E-state index contributed by atoms with van der Waals surface area (Å²) in [5, 5.41) is 10.6. The summed E-state index contributed by atoms with van der Waals surface area (Å²) in [4.78, 5) is 10.6. The maximum atomic E-state index is 13.1. The minimum absolute atomic E-state index is 0.0508. The summed E-state index contributed by atoms with van der Waals surface area (Å²) in [5.74, 6) is -1.04. The van der Waals surface area contributed by atoms with Crippen molar-refractivity contribution >= 4 is 6.09 Å². The van der Waals surface area contributed by atoms with E-state index in [4.69, 9.17) is 9.84 Å². The number of carbonyl (C=O) groups is 1. The zero-order chi connectivity index (χ0) is 23.9. The Kier molecular flexibility index (Phi) is 8.25. The van der Waals surface area contributed by atoms with Gasteiger partial charge in [-0.3, -0.25) is 5.32 Å². The van der Waals surface area contributed by atoms with Gasteiger partial charge in [-0.1, -0.05) is 18.2 Å². The lowest BCUT2D eigenvalue weighted by molar-refractivity contribution is -0.143. The molecule has 0 fully saturated rings. The third kappa shape index (κ3) is 7.88. The standard InChI is InChI=1S/C21H18F7NO3/c22-18-3-1-14(2-4-18)15(5-7-29-19(30)31)12-32-8-6-13-9-16(20(23,24)25)11-17(10-13)21(26,27)28/h1-5,7,9-11,15,29H,6,8,12H2,(H,30,31)/t15-/m1/s1. The largest absolute Gasteiger partial charge is 0.465 e. The molecule has 2 rings (SSSR count). The van der Waals surface area contributed by atoms with E-state index in [1.807, 2.05) is 5.32 Å². The molecule has 0 heterocycles. The van der Waals surface area contributed by atoms with Gasteiger partial charge in [0.25, 0.3) is 0 Å². The fraction of sp³-hybridized carbons (Fsp3) is 0.286. The van der Waals surface area contributed by atoms with E-state index in [2.05, 4.69) is 0 Å². The molecule has 0 aromatic heterocycles.